The van der Waals surface area contributed by atoms with Gasteiger partial charge in [-0.1, -0.05) is 6.07 Å². The van der Waals surface area contributed by atoms with Crippen molar-refractivity contribution >= 4 is 24.2 Å². The Morgan fingerprint density at radius 2 is 1.71 bits per heavy atom. The van der Waals surface area contributed by atoms with Gasteiger partial charge in [0.15, 0.2) is 11.5 Å². The molecule has 136 valence electrons. The van der Waals surface area contributed by atoms with Crippen LogP contribution in [0, 0.1) is 0 Å². The highest BCUT2D eigenvalue weighted by Crippen LogP contribution is 2.28. The molecule has 0 saturated heterocycles. The second-order valence-corrected chi connectivity index (χ2v) is 4.73. The number of carbonyl (C=O) groups is 2. The van der Waals surface area contributed by atoms with Crippen molar-refractivity contribution < 1.29 is 19.1 Å². The molecule has 0 bridgehead atoms. The maximum atomic E-state index is 11.6. The van der Waals surface area contributed by atoms with Crippen LogP contribution in [0.5, 0.6) is 11.5 Å². The Balaban J connectivity index is 0.00000529. The van der Waals surface area contributed by atoms with Gasteiger partial charge in [0.2, 0.25) is 11.8 Å². The first kappa shape index (κ1) is 22.0. The van der Waals surface area contributed by atoms with E-state index in [9.17, 15) is 9.59 Å². The van der Waals surface area contributed by atoms with Gasteiger partial charge in [0.1, 0.15) is 0 Å². The van der Waals surface area contributed by atoms with Gasteiger partial charge in [-0.15, -0.1) is 12.4 Å². The number of nitrogens with two attached hydrogens (primary N) is 1. The molecule has 8 heteroatoms. The standard InChI is InChI=1S/C16H25N3O4.ClH/c1-3-22-13-6-5-12(9-14(13)23-4-2)7-8-18-16(21)11-19-15(20)10-17;/h5-6,9H,3-4,7-8,10-11,17H2,1-2H3,(H,18,21)(H,19,20);1H. The van der Waals surface area contributed by atoms with Crippen LogP contribution < -0.4 is 25.8 Å². The highest BCUT2D eigenvalue weighted by Gasteiger charge is 2.07. The Morgan fingerprint density at radius 1 is 1.04 bits per heavy atom. The summed E-state index contributed by atoms with van der Waals surface area (Å²) in [6.45, 7) is 5.24. The van der Waals surface area contributed by atoms with E-state index in [0.717, 1.165) is 5.56 Å². The first-order valence-corrected chi connectivity index (χ1v) is 7.72. The third-order valence-corrected chi connectivity index (χ3v) is 2.98. The molecular weight excluding hydrogens is 334 g/mol. The van der Waals surface area contributed by atoms with Gasteiger partial charge in [-0.2, -0.15) is 0 Å². The molecule has 1 rings (SSSR count). The van der Waals surface area contributed by atoms with Gasteiger partial charge in [-0.05, 0) is 38.0 Å². The predicted octanol–water partition coefficient (Wildman–Crippen LogP) is 0.639. The highest BCUT2D eigenvalue weighted by molar-refractivity contribution is 5.85. The Hall–Kier alpha value is -1.99. The third-order valence-electron chi connectivity index (χ3n) is 2.98. The summed E-state index contributed by atoms with van der Waals surface area (Å²) in [5, 5.41) is 5.15. The lowest BCUT2D eigenvalue weighted by molar-refractivity contribution is -0.125. The van der Waals surface area contributed by atoms with E-state index >= 15 is 0 Å². The van der Waals surface area contributed by atoms with Gasteiger partial charge in [0, 0.05) is 6.54 Å². The van der Waals surface area contributed by atoms with Gasteiger partial charge in [-0.3, -0.25) is 9.59 Å². The number of ether oxygens (including phenoxy) is 2. The molecule has 0 aromatic heterocycles. The van der Waals surface area contributed by atoms with Crippen molar-refractivity contribution in [3.05, 3.63) is 23.8 Å². The van der Waals surface area contributed by atoms with Crippen molar-refractivity contribution in [3.8, 4) is 11.5 Å². The summed E-state index contributed by atoms with van der Waals surface area (Å²) in [4.78, 5) is 22.5. The molecule has 7 nitrogen and oxygen atoms in total. The maximum absolute atomic E-state index is 11.6. The normalized spacial score (nSPS) is 9.62. The van der Waals surface area contributed by atoms with Crippen LogP contribution in [0.4, 0.5) is 0 Å². The van der Waals surface area contributed by atoms with Crippen molar-refractivity contribution in [2.24, 2.45) is 5.73 Å². The smallest absolute Gasteiger partial charge is 0.239 e. The van der Waals surface area contributed by atoms with Crippen LogP contribution in [0.3, 0.4) is 0 Å². The Morgan fingerprint density at radius 3 is 2.33 bits per heavy atom. The van der Waals surface area contributed by atoms with Gasteiger partial charge in [0.25, 0.3) is 0 Å². The molecule has 4 N–H and O–H groups in total. The monoisotopic (exact) mass is 359 g/mol. The zero-order valence-electron chi connectivity index (χ0n) is 14.1. The molecule has 1 aromatic carbocycles. The van der Waals surface area contributed by atoms with Crippen LogP contribution in [0.25, 0.3) is 0 Å². The second-order valence-electron chi connectivity index (χ2n) is 4.73. The lowest BCUT2D eigenvalue weighted by Gasteiger charge is -2.12. The van der Waals surface area contributed by atoms with Crippen molar-refractivity contribution in [2.75, 3.05) is 32.8 Å². The maximum Gasteiger partial charge on any atom is 0.239 e. The Bertz CT molecular complexity index is 526. The predicted molar refractivity (Wildman–Crippen MR) is 94.8 cm³/mol. The van der Waals surface area contributed by atoms with Gasteiger partial charge >= 0.3 is 0 Å². The van der Waals surface area contributed by atoms with Crippen LogP contribution in [0.1, 0.15) is 19.4 Å². The fraction of sp³-hybridized carbons (Fsp3) is 0.500. The summed E-state index contributed by atoms with van der Waals surface area (Å²) in [5.41, 5.74) is 6.17. The summed E-state index contributed by atoms with van der Waals surface area (Å²) in [6, 6.07) is 5.72. The van der Waals surface area contributed by atoms with E-state index in [0.29, 0.717) is 37.7 Å². The fourth-order valence-corrected chi connectivity index (χ4v) is 1.91. The Kier molecular flexibility index (Phi) is 11.4. The SMILES string of the molecule is CCOc1ccc(CCNC(=O)CNC(=O)CN)cc1OCC.Cl. The van der Waals surface area contributed by atoms with E-state index in [1.54, 1.807) is 0 Å². The lowest BCUT2D eigenvalue weighted by Crippen LogP contribution is -2.40. The van der Waals surface area contributed by atoms with E-state index in [1.807, 2.05) is 32.0 Å². The van der Waals surface area contributed by atoms with E-state index in [2.05, 4.69) is 10.6 Å². The molecule has 0 fully saturated rings. The summed E-state index contributed by atoms with van der Waals surface area (Å²) >= 11 is 0. The molecule has 0 radical (unpaired) electrons. The molecule has 0 heterocycles. The summed E-state index contributed by atoms with van der Waals surface area (Å²) in [7, 11) is 0. The summed E-state index contributed by atoms with van der Waals surface area (Å²) < 4.78 is 11.1. The topological polar surface area (TPSA) is 103 Å². The van der Waals surface area contributed by atoms with E-state index < -0.39 is 0 Å². The first-order valence-electron chi connectivity index (χ1n) is 7.72. The lowest BCUT2D eigenvalue weighted by atomic mass is 10.1. The van der Waals surface area contributed by atoms with E-state index in [-0.39, 0.29) is 37.3 Å². The summed E-state index contributed by atoms with van der Waals surface area (Å²) in [5.74, 6) is 0.816. The average molecular weight is 360 g/mol. The van der Waals surface area contributed by atoms with E-state index in [4.69, 9.17) is 15.2 Å². The minimum Gasteiger partial charge on any atom is -0.490 e. The van der Waals surface area contributed by atoms with Crippen LogP contribution in [-0.2, 0) is 16.0 Å². The van der Waals surface area contributed by atoms with Crippen LogP contribution in [0.2, 0.25) is 0 Å². The number of carbonyl (C=O) groups excluding carboxylic acids is 2. The molecule has 1 aromatic rings. The molecular formula is C16H26ClN3O4. The molecule has 0 saturated carbocycles. The molecule has 2 amide bonds. The number of nitrogens with one attached hydrogen (secondary N) is 2. The molecule has 0 unspecified atom stereocenters. The van der Waals surface area contributed by atoms with Crippen molar-refractivity contribution in [3.63, 3.8) is 0 Å². The first-order chi connectivity index (χ1) is 11.1. The minimum absolute atomic E-state index is 0. The van der Waals surface area contributed by atoms with Gasteiger partial charge in [-0.25, -0.2) is 0 Å². The average Bonchev–Trinajstić information content (AvgIpc) is 2.55. The number of amides is 2. The number of rotatable bonds is 10. The number of hydrogen-bond donors (Lipinski definition) is 3. The van der Waals surface area contributed by atoms with Crippen molar-refractivity contribution in [1.82, 2.24) is 10.6 Å². The quantitative estimate of drug-likeness (QED) is 0.569. The highest BCUT2D eigenvalue weighted by atomic mass is 35.5. The van der Waals surface area contributed by atoms with Crippen molar-refractivity contribution in [2.45, 2.75) is 20.3 Å². The molecule has 0 aliphatic rings. The fourth-order valence-electron chi connectivity index (χ4n) is 1.91. The van der Waals surface area contributed by atoms with Crippen molar-refractivity contribution in [1.29, 1.82) is 0 Å². The van der Waals surface area contributed by atoms with Gasteiger partial charge < -0.3 is 25.8 Å². The molecule has 24 heavy (non-hydrogen) atoms. The van der Waals surface area contributed by atoms with Crippen LogP contribution in [-0.4, -0.2) is 44.7 Å². The van der Waals surface area contributed by atoms with Gasteiger partial charge in [0.05, 0.1) is 26.3 Å². The number of halogens is 1. The molecule has 0 aliphatic heterocycles. The summed E-state index contributed by atoms with van der Waals surface area (Å²) in [6.07, 6.45) is 0.656. The molecule has 0 aliphatic carbocycles. The minimum atomic E-state index is -0.354. The largest absolute Gasteiger partial charge is 0.490 e. The number of benzene rings is 1. The molecule has 0 spiro atoms. The Labute approximate surface area is 148 Å². The molecule has 0 atom stereocenters. The van der Waals surface area contributed by atoms with Crippen LogP contribution >= 0.6 is 12.4 Å². The van der Waals surface area contributed by atoms with E-state index in [1.165, 1.54) is 0 Å². The van der Waals surface area contributed by atoms with Crippen LogP contribution in [0.15, 0.2) is 18.2 Å². The second kappa shape index (κ2) is 12.4. The number of hydrogen-bond acceptors (Lipinski definition) is 5. The third kappa shape index (κ3) is 8.03. The zero-order valence-corrected chi connectivity index (χ0v) is 14.9. The zero-order chi connectivity index (χ0) is 17.1.